The molecular weight excluding hydrogens is 394 g/mol. The summed E-state index contributed by atoms with van der Waals surface area (Å²) in [7, 11) is -4.33. The Morgan fingerprint density at radius 2 is 1.55 bits per heavy atom. The summed E-state index contributed by atoms with van der Waals surface area (Å²) in [4.78, 5) is 22.9. The molecule has 0 radical (unpaired) electrons. The number of benzene rings is 3. The van der Waals surface area contributed by atoms with E-state index in [9.17, 15) is 23.3 Å². The molecule has 0 saturated carbocycles. The fourth-order valence-electron chi connectivity index (χ4n) is 2.62. The minimum Gasteiger partial charge on any atom is -0.267 e. The number of nitro benzene ring substituents is 1. The minimum atomic E-state index is -4.33. The van der Waals surface area contributed by atoms with Crippen LogP contribution in [0, 0.1) is 17.0 Å². The van der Waals surface area contributed by atoms with Crippen molar-refractivity contribution in [1.29, 1.82) is 0 Å². The summed E-state index contributed by atoms with van der Waals surface area (Å²) in [6.45, 7) is 1.51. The molecule has 3 rings (SSSR count). The minimum absolute atomic E-state index is 0.181. The Labute approximate surface area is 167 Å². The number of nitro groups is 1. The van der Waals surface area contributed by atoms with Crippen LogP contribution in [0.25, 0.3) is 0 Å². The number of rotatable bonds is 6. The number of aryl methyl sites for hydroxylation is 1. The highest BCUT2D eigenvalue weighted by Gasteiger charge is 2.29. The third-order valence-corrected chi connectivity index (χ3v) is 5.78. The molecule has 148 valence electrons. The highest BCUT2D eigenvalue weighted by Crippen LogP contribution is 2.27. The van der Waals surface area contributed by atoms with E-state index >= 15 is 0 Å². The van der Waals surface area contributed by atoms with Crippen LogP contribution in [0.3, 0.4) is 0 Å². The molecule has 1 amide bonds. The van der Waals surface area contributed by atoms with E-state index in [1.165, 1.54) is 31.2 Å². The average Bonchev–Trinajstić information content (AvgIpc) is 2.73. The molecule has 0 spiro atoms. The smallest absolute Gasteiger partial charge is 0.267 e. The first-order valence-electron chi connectivity index (χ1n) is 8.52. The van der Waals surface area contributed by atoms with Crippen LogP contribution >= 0.6 is 0 Å². The Bertz CT molecular complexity index is 1150. The highest BCUT2D eigenvalue weighted by atomic mass is 32.2. The lowest BCUT2D eigenvalue weighted by Crippen LogP contribution is -2.46. The largest absolute Gasteiger partial charge is 0.282 e. The number of hydrazine groups is 1. The van der Waals surface area contributed by atoms with Gasteiger partial charge in [0.25, 0.3) is 21.6 Å². The molecule has 0 aromatic heterocycles. The third kappa shape index (κ3) is 4.25. The van der Waals surface area contributed by atoms with E-state index in [-0.39, 0.29) is 21.8 Å². The van der Waals surface area contributed by atoms with Gasteiger partial charge in [-0.1, -0.05) is 42.5 Å². The van der Waals surface area contributed by atoms with Crippen LogP contribution in [0.1, 0.15) is 15.9 Å². The van der Waals surface area contributed by atoms with Gasteiger partial charge in [0, 0.05) is 17.2 Å². The molecule has 29 heavy (non-hydrogen) atoms. The Morgan fingerprint density at radius 3 is 2.14 bits per heavy atom. The van der Waals surface area contributed by atoms with Crippen molar-refractivity contribution in [3.63, 3.8) is 0 Å². The van der Waals surface area contributed by atoms with Gasteiger partial charge < -0.3 is 0 Å². The zero-order chi connectivity index (χ0) is 21.0. The van der Waals surface area contributed by atoms with Crippen LogP contribution < -0.4 is 9.84 Å². The topological polar surface area (TPSA) is 110 Å². The van der Waals surface area contributed by atoms with Crippen molar-refractivity contribution in [1.82, 2.24) is 5.43 Å². The fraction of sp³-hybridized carbons (Fsp3) is 0.0500. The number of hydrogen-bond acceptors (Lipinski definition) is 5. The molecule has 0 aliphatic carbocycles. The molecule has 0 fully saturated rings. The molecule has 3 aromatic carbocycles. The molecule has 0 bridgehead atoms. The number of anilines is 1. The molecule has 1 N–H and O–H groups in total. The molecule has 9 heteroatoms. The van der Waals surface area contributed by atoms with Crippen molar-refractivity contribution < 1.29 is 18.1 Å². The van der Waals surface area contributed by atoms with Crippen molar-refractivity contribution in [2.45, 2.75) is 11.8 Å². The van der Waals surface area contributed by atoms with Crippen LogP contribution in [-0.4, -0.2) is 19.2 Å². The predicted octanol–water partition coefficient (Wildman–Crippen LogP) is 3.44. The van der Waals surface area contributed by atoms with Crippen LogP contribution in [-0.2, 0) is 10.0 Å². The van der Waals surface area contributed by atoms with E-state index in [4.69, 9.17) is 0 Å². The van der Waals surface area contributed by atoms with E-state index in [1.807, 2.05) is 0 Å². The van der Waals surface area contributed by atoms with Gasteiger partial charge in [0.2, 0.25) is 0 Å². The molecule has 0 saturated heterocycles. The lowest BCUT2D eigenvalue weighted by molar-refractivity contribution is -0.385. The van der Waals surface area contributed by atoms with Crippen molar-refractivity contribution >= 4 is 27.3 Å². The zero-order valence-corrected chi connectivity index (χ0v) is 16.2. The first kappa shape index (κ1) is 20.0. The highest BCUT2D eigenvalue weighted by molar-refractivity contribution is 7.92. The summed E-state index contributed by atoms with van der Waals surface area (Å²) >= 11 is 0. The van der Waals surface area contributed by atoms with Crippen LogP contribution in [0.15, 0.2) is 83.8 Å². The average molecular weight is 411 g/mol. The second-order valence-electron chi connectivity index (χ2n) is 6.12. The van der Waals surface area contributed by atoms with Crippen molar-refractivity contribution in [2.24, 2.45) is 0 Å². The summed E-state index contributed by atoms with van der Waals surface area (Å²) in [5.74, 6) is -0.639. The molecule has 0 unspecified atom stereocenters. The number of sulfonamides is 1. The summed E-state index contributed by atoms with van der Waals surface area (Å²) < 4.78 is 27.3. The maximum Gasteiger partial charge on any atom is 0.282 e. The number of para-hydroxylation sites is 1. The number of amides is 1. The molecule has 0 atom stereocenters. The van der Waals surface area contributed by atoms with Crippen molar-refractivity contribution in [2.75, 3.05) is 4.41 Å². The van der Waals surface area contributed by atoms with Crippen LogP contribution in [0.4, 0.5) is 11.4 Å². The lowest BCUT2D eigenvalue weighted by atomic mass is 10.2. The summed E-state index contributed by atoms with van der Waals surface area (Å²) in [6.07, 6.45) is 0. The van der Waals surface area contributed by atoms with Gasteiger partial charge in [0.15, 0.2) is 0 Å². The Balaban J connectivity index is 2.07. The predicted molar refractivity (Wildman–Crippen MR) is 108 cm³/mol. The first-order valence-corrected chi connectivity index (χ1v) is 9.96. The van der Waals surface area contributed by atoms with Crippen molar-refractivity contribution in [3.8, 4) is 0 Å². The summed E-state index contributed by atoms with van der Waals surface area (Å²) in [5.41, 5.74) is 2.83. The number of carbonyl (C=O) groups excluding carboxylic acids is 1. The monoisotopic (exact) mass is 411 g/mol. The van der Waals surface area contributed by atoms with Crippen molar-refractivity contribution in [3.05, 3.63) is 100 Å². The normalized spacial score (nSPS) is 10.9. The van der Waals surface area contributed by atoms with E-state index in [2.05, 4.69) is 5.43 Å². The Morgan fingerprint density at radius 1 is 0.966 bits per heavy atom. The molecule has 3 aromatic rings. The van der Waals surface area contributed by atoms with Gasteiger partial charge in [-0.25, -0.2) is 5.43 Å². The maximum absolute atomic E-state index is 13.3. The number of nitrogens with one attached hydrogen (secondary N) is 1. The lowest BCUT2D eigenvalue weighted by Gasteiger charge is -2.25. The second-order valence-corrected chi connectivity index (χ2v) is 7.90. The second kappa shape index (κ2) is 8.11. The number of carbonyl (C=O) groups is 1. The third-order valence-electron chi connectivity index (χ3n) is 4.15. The van der Waals surface area contributed by atoms with Gasteiger partial charge in [0.05, 0.1) is 15.5 Å². The van der Waals surface area contributed by atoms with Gasteiger partial charge in [0.1, 0.15) is 0 Å². The van der Waals surface area contributed by atoms with E-state index in [0.717, 1.165) is 10.5 Å². The van der Waals surface area contributed by atoms with E-state index < -0.39 is 20.9 Å². The SMILES string of the molecule is Cc1ccc(S(=O)(=O)N(NC(=O)c2ccccc2)c2ccccc2)cc1[N+](=O)[O-]. The van der Waals surface area contributed by atoms with Gasteiger partial charge in [-0.15, -0.1) is 0 Å². The molecule has 0 aliphatic rings. The molecule has 8 nitrogen and oxygen atoms in total. The van der Waals surface area contributed by atoms with Gasteiger partial charge in [-0.2, -0.15) is 12.8 Å². The van der Waals surface area contributed by atoms with Gasteiger partial charge in [-0.05, 0) is 37.3 Å². The maximum atomic E-state index is 13.3. The standard InChI is InChI=1S/C20H17N3O5S/c1-15-12-13-18(14-19(15)23(25)26)29(27,28)22(17-10-6-3-7-11-17)21-20(24)16-8-4-2-5-9-16/h2-14H,1H3,(H,21,24). The summed E-state index contributed by atoms with van der Waals surface area (Å²) in [6, 6.07) is 19.7. The van der Waals surface area contributed by atoms with Crippen LogP contribution in [0.2, 0.25) is 0 Å². The Kier molecular flexibility index (Phi) is 5.60. The van der Waals surface area contributed by atoms with E-state index in [0.29, 0.717) is 5.56 Å². The van der Waals surface area contributed by atoms with E-state index in [1.54, 1.807) is 48.5 Å². The van der Waals surface area contributed by atoms with Gasteiger partial charge in [-0.3, -0.25) is 14.9 Å². The number of nitrogens with zero attached hydrogens (tertiary/aromatic N) is 2. The first-order chi connectivity index (χ1) is 13.8. The molecule has 0 heterocycles. The van der Waals surface area contributed by atoms with Gasteiger partial charge >= 0.3 is 0 Å². The fourth-order valence-corrected chi connectivity index (χ4v) is 3.94. The zero-order valence-electron chi connectivity index (χ0n) is 15.3. The molecule has 0 aliphatic heterocycles. The quantitative estimate of drug-likeness (QED) is 0.493. The Hall–Kier alpha value is -3.72. The number of hydrogen-bond donors (Lipinski definition) is 1. The molecular formula is C20H17N3O5S. The summed E-state index contributed by atoms with van der Waals surface area (Å²) in [5, 5.41) is 11.2. The van der Waals surface area contributed by atoms with Crippen LogP contribution in [0.5, 0.6) is 0 Å².